The Kier molecular flexibility index (Phi) is 8.15. The van der Waals surface area contributed by atoms with E-state index in [2.05, 4.69) is 5.32 Å². The molecule has 3 aromatic carbocycles. The van der Waals surface area contributed by atoms with E-state index in [4.69, 9.17) is 42.1 Å². The molecule has 0 saturated heterocycles. The third-order valence-electron chi connectivity index (χ3n) is 4.70. The Balaban J connectivity index is 0.00000272. The van der Waals surface area contributed by atoms with E-state index in [9.17, 15) is 0 Å². The molecule has 0 saturated carbocycles. The SMILES string of the molecule is COc1cc(CNCc2ccc3c(c2)OCO3)ccc1OCc1ccc(Cl)c(Cl)c1.[Cl-]. The van der Waals surface area contributed by atoms with Crippen molar-refractivity contribution in [2.75, 3.05) is 13.9 Å². The van der Waals surface area contributed by atoms with Crippen LogP contribution in [-0.4, -0.2) is 13.9 Å². The monoisotopic (exact) mass is 480 g/mol. The van der Waals surface area contributed by atoms with Crippen molar-refractivity contribution in [1.29, 1.82) is 0 Å². The fourth-order valence-corrected chi connectivity index (χ4v) is 3.45. The van der Waals surface area contributed by atoms with Crippen molar-refractivity contribution < 1.29 is 31.4 Å². The molecular weight excluding hydrogens is 461 g/mol. The second-order valence-electron chi connectivity index (χ2n) is 6.81. The molecule has 1 heterocycles. The Morgan fingerprint density at radius 3 is 2.29 bits per heavy atom. The number of benzene rings is 3. The van der Waals surface area contributed by atoms with Crippen LogP contribution in [0.4, 0.5) is 0 Å². The van der Waals surface area contributed by atoms with Crippen molar-refractivity contribution in [2.24, 2.45) is 0 Å². The normalized spacial score (nSPS) is 11.7. The minimum Gasteiger partial charge on any atom is -1.00 e. The van der Waals surface area contributed by atoms with Gasteiger partial charge in [0.15, 0.2) is 23.0 Å². The minimum absolute atomic E-state index is 0. The van der Waals surface area contributed by atoms with Crippen molar-refractivity contribution in [3.8, 4) is 23.0 Å². The van der Waals surface area contributed by atoms with Crippen LogP contribution in [0.2, 0.25) is 10.0 Å². The van der Waals surface area contributed by atoms with E-state index in [1.807, 2.05) is 42.5 Å². The third-order valence-corrected chi connectivity index (χ3v) is 5.44. The van der Waals surface area contributed by atoms with Gasteiger partial charge in [-0.15, -0.1) is 0 Å². The van der Waals surface area contributed by atoms with E-state index >= 15 is 0 Å². The second kappa shape index (κ2) is 10.8. The van der Waals surface area contributed by atoms with Gasteiger partial charge in [0.05, 0.1) is 17.2 Å². The molecule has 1 aliphatic rings. The number of hydrogen-bond acceptors (Lipinski definition) is 5. The zero-order chi connectivity index (χ0) is 20.9. The zero-order valence-electron chi connectivity index (χ0n) is 16.8. The second-order valence-corrected chi connectivity index (χ2v) is 7.63. The summed E-state index contributed by atoms with van der Waals surface area (Å²) in [5.41, 5.74) is 3.16. The van der Waals surface area contributed by atoms with E-state index in [1.54, 1.807) is 19.2 Å². The van der Waals surface area contributed by atoms with Crippen LogP contribution in [0.5, 0.6) is 23.0 Å². The van der Waals surface area contributed by atoms with Gasteiger partial charge in [-0.3, -0.25) is 0 Å². The van der Waals surface area contributed by atoms with Gasteiger partial charge < -0.3 is 36.7 Å². The van der Waals surface area contributed by atoms with E-state index in [0.29, 0.717) is 41.2 Å². The van der Waals surface area contributed by atoms with Crippen molar-refractivity contribution in [1.82, 2.24) is 5.32 Å². The lowest BCUT2D eigenvalue weighted by molar-refractivity contribution is -0.00000796. The molecule has 1 N–H and O–H groups in total. The number of rotatable bonds is 8. The van der Waals surface area contributed by atoms with Crippen molar-refractivity contribution in [2.45, 2.75) is 19.7 Å². The molecule has 5 nitrogen and oxygen atoms in total. The Morgan fingerprint density at radius 2 is 1.52 bits per heavy atom. The highest BCUT2D eigenvalue weighted by molar-refractivity contribution is 6.42. The van der Waals surface area contributed by atoms with Crippen molar-refractivity contribution >= 4 is 23.2 Å². The third kappa shape index (κ3) is 5.89. The average Bonchev–Trinajstić information content (AvgIpc) is 3.23. The smallest absolute Gasteiger partial charge is 0.231 e. The fraction of sp³-hybridized carbons (Fsp3) is 0.217. The van der Waals surface area contributed by atoms with Gasteiger partial charge in [-0.05, 0) is 53.1 Å². The molecule has 3 aromatic rings. The summed E-state index contributed by atoms with van der Waals surface area (Å²) in [5, 5.41) is 4.46. The number of halogens is 3. The Labute approximate surface area is 197 Å². The molecule has 0 radical (unpaired) electrons. The first kappa shape index (κ1) is 23.4. The molecule has 0 amide bonds. The Hall–Kier alpha value is -2.31. The maximum atomic E-state index is 6.06. The summed E-state index contributed by atoms with van der Waals surface area (Å²) in [5.74, 6) is 2.93. The Bertz CT molecular complexity index is 1050. The summed E-state index contributed by atoms with van der Waals surface area (Å²) in [6, 6.07) is 17.3. The van der Waals surface area contributed by atoms with Gasteiger partial charge in [0.1, 0.15) is 6.61 Å². The van der Waals surface area contributed by atoms with Crippen LogP contribution in [0.1, 0.15) is 16.7 Å². The average molecular weight is 482 g/mol. The molecule has 4 rings (SSSR count). The van der Waals surface area contributed by atoms with Gasteiger partial charge >= 0.3 is 0 Å². The molecule has 0 aromatic heterocycles. The summed E-state index contributed by atoms with van der Waals surface area (Å²) >= 11 is 12.0. The first-order valence-electron chi connectivity index (χ1n) is 9.45. The van der Waals surface area contributed by atoms with Crippen LogP contribution in [0.3, 0.4) is 0 Å². The molecule has 0 atom stereocenters. The van der Waals surface area contributed by atoms with Gasteiger partial charge in [0.25, 0.3) is 0 Å². The number of nitrogens with one attached hydrogen (secondary N) is 1. The molecule has 0 unspecified atom stereocenters. The van der Waals surface area contributed by atoms with Gasteiger partial charge in [-0.1, -0.05) is 41.4 Å². The highest BCUT2D eigenvalue weighted by atomic mass is 35.5. The number of methoxy groups -OCH3 is 1. The van der Waals surface area contributed by atoms with E-state index < -0.39 is 0 Å². The highest BCUT2D eigenvalue weighted by Crippen LogP contribution is 2.33. The van der Waals surface area contributed by atoms with Crippen LogP contribution < -0.4 is 36.7 Å². The molecule has 31 heavy (non-hydrogen) atoms. The predicted octanol–water partition coefficient (Wildman–Crippen LogP) is 2.60. The molecule has 0 fully saturated rings. The first-order valence-corrected chi connectivity index (χ1v) is 10.2. The van der Waals surface area contributed by atoms with Crippen LogP contribution in [0.25, 0.3) is 0 Å². The number of fused-ring (bicyclic) bond motifs is 1. The zero-order valence-corrected chi connectivity index (χ0v) is 19.1. The van der Waals surface area contributed by atoms with Crippen LogP contribution >= 0.6 is 23.2 Å². The maximum Gasteiger partial charge on any atom is 0.231 e. The van der Waals surface area contributed by atoms with Gasteiger partial charge in [0, 0.05) is 13.1 Å². The first-order chi connectivity index (χ1) is 14.6. The summed E-state index contributed by atoms with van der Waals surface area (Å²) in [6.45, 7) is 2.06. The summed E-state index contributed by atoms with van der Waals surface area (Å²) in [6.07, 6.45) is 0. The molecule has 0 spiro atoms. The van der Waals surface area contributed by atoms with Gasteiger partial charge in [-0.25, -0.2) is 0 Å². The van der Waals surface area contributed by atoms with Crippen molar-refractivity contribution in [3.05, 3.63) is 81.3 Å². The minimum atomic E-state index is 0. The summed E-state index contributed by atoms with van der Waals surface area (Å²) < 4.78 is 22.2. The quantitative estimate of drug-likeness (QED) is 0.536. The number of ether oxygens (including phenoxy) is 4. The molecule has 8 heteroatoms. The predicted molar refractivity (Wildman–Crippen MR) is 117 cm³/mol. The van der Waals surface area contributed by atoms with Crippen LogP contribution in [0.15, 0.2) is 54.6 Å². The largest absolute Gasteiger partial charge is 1.00 e. The maximum absolute atomic E-state index is 6.06. The van der Waals surface area contributed by atoms with Gasteiger partial charge in [-0.2, -0.15) is 0 Å². The standard InChI is InChI=1S/C23H21Cl2NO4.ClH/c1-27-22-9-15(11-26-12-16-4-7-21-23(10-16)30-14-29-21)3-6-20(22)28-13-17-2-5-18(24)19(25)8-17;/h2-10,26H,11-14H2,1H3;1H/p-1. The Morgan fingerprint density at radius 1 is 0.806 bits per heavy atom. The fourth-order valence-electron chi connectivity index (χ4n) is 3.13. The molecule has 1 aliphatic heterocycles. The molecule has 164 valence electrons. The molecule has 0 aliphatic carbocycles. The van der Waals surface area contributed by atoms with Crippen LogP contribution in [0, 0.1) is 0 Å². The van der Waals surface area contributed by atoms with E-state index in [0.717, 1.165) is 28.2 Å². The van der Waals surface area contributed by atoms with Crippen LogP contribution in [-0.2, 0) is 19.7 Å². The van der Waals surface area contributed by atoms with E-state index in [1.165, 1.54) is 0 Å². The number of hydrogen-bond donors (Lipinski definition) is 1. The summed E-state index contributed by atoms with van der Waals surface area (Å²) in [4.78, 5) is 0. The lowest BCUT2D eigenvalue weighted by Crippen LogP contribution is -3.00. The highest BCUT2D eigenvalue weighted by Gasteiger charge is 2.13. The van der Waals surface area contributed by atoms with E-state index in [-0.39, 0.29) is 19.2 Å². The topological polar surface area (TPSA) is 49.0 Å². The lowest BCUT2D eigenvalue weighted by Gasteiger charge is -2.13. The van der Waals surface area contributed by atoms with Crippen molar-refractivity contribution in [3.63, 3.8) is 0 Å². The van der Waals surface area contributed by atoms with Gasteiger partial charge in [0.2, 0.25) is 6.79 Å². The molecule has 0 bridgehead atoms. The molecular formula is C23H21Cl3NO4-. The lowest BCUT2D eigenvalue weighted by atomic mass is 10.1. The summed E-state index contributed by atoms with van der Waals surface area (Å²) in [7, 11) is 1.63.